The van der Waals surface area contributed by atoms with Crippen molar-refractivity contribution in [2.75, 3.05) is 0 Å². The summed E-state index contributed by atoms with van der Waals surface area (Å²) in [5.41, 5.74) is 7.94. The molecule has 0 aliphatic carbocycles. The molecule has 0 N–H and O–H groups in total. The van der Waals surface area contributed by atoms with Crippen molar-refractivity contribution in [1.82, 2.24) is 0 Å². The molecule has 8 aromatic rings. The van der Waals surface area contributed by atoms with Gasteiger partial charge < -0.3 is 0 Å². The molecule has 0 amide bonds. The van der Waals surface area contributed by atoms with Gasteiger partial charge in [-0.25, -0.2) is 0 Å². The predicted molar refractivity (Wildman–Crippen MR) is 207 cm³/mol. The first-order valence-electron chi connectivity index (χ1n) is 15.8. The molecule has 0 nitrogen and oxygen atoms in total. The second-order valence-electron chi connectivity index (χ2n) is 11.5. The Morgan fingerprint density at radius 1 is 0.447 bits per heavy atom. The van der Waals surface area contributed by atoms with E-state index in [1.165, 1.54) is 76.5 Å². The summed E-state index contributed by atoms with van der Waals surface area (Å²) in [6, 6.07) is 52.5. The van der Waals surface area contributed by atoms with Crippen LogP contribution < -0.4 is 0 Å². The van der Waals surface area contributed by atoms with E-state index in [2.05, 4.69) is 159 Å². The maximum absolute atomic E-state index is 4.93. The summed E-state index contributed by atoms with van der Waals surface area (Å²) in [6.07, 6.45) is 4.00. The monoisotopic (exact) mass is 726 g/mol. The van der Waals surface area contributed by atoms with Crippen molar-refractivity contribution in [3.8, 4) is 22.3 Å². The Kier molecular flexibility index (Phi) is 12.4. The van der Waals surface area contributed by atoms with E-state index in [-0.39, 0.29) is 0 Å². The molecule has 0 aliphatic rings. The molecule has 0 aliphatic heterocycles. The van der Waals surface area contributed by atoms with Crippen molar-refractivity contribution >= 4 is 60.1 Å². The van der Waals surface area contributed by atoms with Crippen molar-refractivity contribution in [3.63, 3.8) is 0 Å². The number of benzene rings is 6. The zero-order chi connectivity index (χ0) is 33.2. The van der Waals surface area contributed by atoms with Gasteiger partial charge in [-0.15, -0.1) is 69.1 Å². The van der Waals surface area contributed by atoms with Crippen molar-refractivity contribution in [2.24, 2.45) is 0 Å². The van der Waals surface area contributed by atoms with Crippen molar-refractivity contribution in [1.29, 1.82) is 0 Å². The summed E-state index contributed by atoms with van der Waals surface area (Å²) in [4.78, 5) is 0. The summed E-state index contributed by atoms with van der Waals surface area (Å²) in [6.45, 7) is 8.32. The number of halogens is 2. The van der Waals surface area contributed by atoms with Crippen LogP contribution in [-0.2, 0) is 20.8 Å². The quantitative estimate of drug-likeness (QED) is 0.123. The van der Waals surface area contributed by atoms with E-state index < -0.39 is 20.8 Å². The third-order valence-corrected chi connectivity index (χ3v) is 8.28. The number of fused-ring (bicyclic) bond motifs is 4. The van der Waals surface area contributed by atoms with Crippen LogP contribution >= 0.6 is 17.0 Å². The predicted octanol–water partition coefficient (Wildman–Crippen LogP) is 14.3. The van der Waals surface area contributed by atoms with Crippen molar-refractivity contribution in [2.45, 2.75) is 27.7 Å². The molecule has 0 aromatic heterocycles. The van der Waals surface area contributed by atoms with Gasteiger partial charge in [-0.2, -0.15) is 12.1 Å². The van der Waals surface area contributed by atoms with Crippen LogP contribution in [0.3, 0.4) is 0 Å². The van der Waals surface area contributed by atoms with E-state index in [1.807, 2.05) is 26.0 Å². The molecule has 0 bridgehead atoms. The summed E-state index contributed by atoms with van der Waals surface area (Å²) < 4.78 is 0. The fourth-order valence-corrected chi connectivity index (χ4v) is 6.16. The van der Waals surface area contributed by atoms with Crippen molar-refractivity contribution in [3.05, 3.63) is 169 Å². The van der Waals surface area contributed by atoms with Gasteiger partial charge in [-0.05, 0) is 46.5 Å². The third-order valence-electron chi connectivity index (χ3n) is 8.28. The number of allylic oxidation sites excluding steroid dienone is 2. The maximum atomic E-state index is 4.93. The van der Waals surface area contributed by atoms with E-state index >= 15 is 0 Å². The average molecular weight is 729 g/mol. The molecule has 47 heavy (non-hydrogen) atoms. The summed E-state index contributed by atoms with van der Waals surface area (Å²) in [5, 5.41) is 10.6. The topological polar surface area (TPSA) is 0 Å². The second-order valence-corrected chi connectivity index (χ2v) is 15.2. The molecule has 0 spiro atoms. The molecular formula is C44H38Cl2Zr. The standard InChI is InChI=1S/2C20H15.C4H8.2ClH.Zr/c2*1-14-12-16-8-5-11-19(20(16)13-14)18-10-4-7-15-6-2-3-9-17(15)18;1-3-4-2;;;/h2*2-13H,1H3;3-4H,1-2H3;2*1H;/q2*-1;;;;+4/p-2. The van der Waals surface area contributed by atoms with Gasteiger partial charge in [-0.1, -0.05) is 134 Å². The fraction of sp³-hybridized carbons (Fsp3) is 0.0909. The number of hydrogen-bond donors (Lipinski definition) is 0. The van der Waals surface area contributed by atoms with Gasteiger partial charge in [0.2, 0.25) is 0 Å². The van der Waals surface area contributed by atoms with Gasteiger partial charge in [0.1, 0.15) is 0 Å². The average Bonchev–Trinajstić information content (AvgIpc) is 3.69. The SMILES string of the molecule is CC=CC.Cc1cc2c(-c3cccc4ccccc34)cccc2[cH-]1.Cc1cc2c(-c3cccc4ccccc34)cccc2[cH-]1.[Cl][Zr+2][Cl]. The zero-order valence-corrected chi connectivity index (χ0v) is 31.2. The van der Waals surface area contributed by atoms with Crippen LogP contribution in [0.15, 0.2) is 158 Å². The zero-order valence-electron chi connectivity index (χ0n) is 27.3. The van der Waals surface area contributed by atoms with Gasteiger partial charge in [0, 0.05) is 0 Å². The molecule has 8 aromatic carbocycles. The van der Waals surface area contributed by atoms with Crippen LogP contribution in [0.2, 0.25) is 0 Å². The van der Waals surface area contributed by atoms with Crippen molar-refractivity contribution < 1.29 is 20.8 Å². The second kappa shape index (κ2) is 16.9. The molecule has 8 rings (SSSR count). The minimum atomic E-state index is -0.826. The molecular weight excluding hydrogens is 691 g/mol. The summed E-state index contributed by atoms with van der Waals surface area (Å²) >= 11 is -0.826. The molecule has 0 unspecified atom stereocenters. The fourth-order valence-electron chi connectivity index (χ4n) is 6.16. The molecule has 0 heterocycles. The van der Waals surface area contributed by atoms with Gasteiger partial charge in [-0.3, -0.25) is 0 Å². The van der Waals surface area contributed by atoms with E-state index in [0.717, 1.165) is 0 Å². The molecule has 0 radical (unpaired) electrons. The Morgan fingerprint density at radius 2 is 0.766 bits per heavy atom. The molecule has 0 atom stereocenters. The Balaban J connectivity index is 0.000000155. The normalized spacial score (nSPS) is 10.6. The number of hydrogen-bond acceptors (Lipinski definition) is 0. The first-order valence-corrected chi connectivity index (χ1v) is 22.1. The summed E-state index contributed by atoms with van der Waals surface area (Å²) in [7, 11) is 9.87. The Labute approximate surface area is 297 Å². The number of aryl methyl sites for hydroxylation is 2. The van der Waals surface area contributed by atoms with E-state index in [9.17, 15) is 0 Å². The van der Waals surface area contributed by atoms with Gasteiger partial charge in [0.25, 0.3) is 0 Å². The summed E-state index contributed by atoms with van der Waals surface area (Å²) in [5.74, 6) is 0. The van der Waals surface area contributed by atoms with Gasteiger partial charge in [0.15, 0.2) is 0 Å². The molecule has 0 saturated heterocycles. The van der Waals surface area contributed by atoms with Crippen LogP contribution in [0.1, 0.15) is 25.0 Å². The van der Waals surface area contributed by atoms with Crippen LogP contribution in [0.5, 0.6) is 0 Å². The minimum absolute atomic E-state index is 0.826. The first kappa shape index (κ1) is 34.6. The number of rotatable bonds is 2. The van der Waals surface area contributed by atoms with E-state index in [1.54, 1.807) is 0 Å². The van der Waals surface area contributed by atoms with Crippen LogP contribution in [0.4, 0.5) is 0 Å². The first-order chi connectivity index (χ1) is 23.0. The Bertz CT molecular complexity index is 2080. The molecule has 0 fully saturated rings. The van der Waals surface area contributed by atoms with Gasteiger partial charge in [0.05, 0.1) is 0 Å². The van der Waals surface area contributed by atoms with Crippen LogP contribution in [0, 0.1) is 13.8 Å². The van der Waals surface area contributed by atoms with E-state index in [0.29, 0.717) is 0 Å². The van der Waals surface area contributed by atoms with Gasteiger partial charge >= 0.3 is 37.9 Å². The van der Waals surface area contributed by atoms with Crippen LogP contribution in [-0.4, -0.2) is 0 Å². The van der Waals surface area contributed by atoms with E-state index in [4.69, 9.17) is 17.0 Å². The molecule has 3 heteroatoms. The molecule has 232 valence electrons. The third kappa shape index (κ3) is 8.23. The molecule has 0 saturated carbocycles. The Morgan fingerprint density at radius 3 is 1.15 bits per heavy atom. The van der Waals surface area contributed by atoms with Crippen LogP contribution in [0.25, 0.3) is 65.3 Å². The Hall–Kier alpha value is -3.74.